The number of aryl methyl sites for hydroxylation is 1. The molecule has 1 aromatic carbocycles. The van der Waals surface area contributed by atoms with Crippen LogP contribution in [0.15, 0.2) is 24.3 Å². The first-order chi connectivity index (χ1) is 11.0. The zero-order chi connectivity index (χ0) is 16.8. The molecule has 1 saturated heterocycles. The minimum absolute atomic E-state index is 0.0291. The number of amides is 1. The van der Waals surface area contributed by atoms with E-state index in [-0.39, 0.29) is 24.5 Å². The predicted molar refractivity (Wildman–Crippen MR) is 84.5 cm³/mol. The van der Waals surface area contributed by atoms with Crippen LogP contribution in [0, 0.1) is 0 Å². The lowest BCUT2D eigenvalue weighted by Crippen LogP contribution is -2.37. The molecule has 2 unspecified atom stereocenters. The fraction of sp³-hybridized carbons (Fsp3) is 0.529. The molecule has 0 aliphatic carbocycles. The fourth-order valence-electron chi connectivity index (χ4n) is 2.97. The number of nitrogens with zero attached hydrogens (tertiary/aromatic N) is 1. The number of methoxy groups -OCH3 is 2. The van der Waals surface area contributed by atoms with Crippen LogP contribution in [-0.4, -0.2) is 54.8 Å². The number of aliphatic carboxylic acids is 1. The molecule has 1 aromatic rings. The molecule has 1 aliphatic heterocycles. The minimum Gasteiger partial charge on any atom is -0.497 e. The van der Waals surface area contributed by atoms with Crippen molar-refractivity contribution in [1.29, 1.82) is 0 Å². The lowest BCUT2D eigenvalue weighted by molar-refractivity contribution is -0.139. The molecule has 126 valence electrons. The zero-order valence-corrected chi connectivity index (χ0v) is 13.5. The van der Waals surface area contributed by atoms with Gasteiger partial charge in [0.1, 0.15) is 5.75 Å². The summed E-state index contributed by atoms with van der Waals surface area (Å²) in [6.07, 6.45) is 1.41. The summed E-state index contributed by atoms with van der Waals surface area (Å²) in [7, 11) is 3.20. The quantitative estimate of drug-likeness (QED) is 0.827. The summed E-state index contributed by atoms with van der Waals surface area (Å²) < 4.78 is 10.5. The van der Waals surface area contributed by atoms with E-state index < -0.39 is 5.97 Å². The topological polar surface area (TPSA) is 76.1 Å². The van der Waals surface area contributed by atoms with Crippen LogP contribution in [0.5, 0.6) is 5.75 Å². The first-order valence-corrected chi connectivity index (χ1v) is 7.70. The molecule has 1 aliphatic rings. The summed E-state index contributed by atoms with van der Waals surface area (Å²) in [6, 6.07) is 7.33. The molecule has 6 heteroatoms. The van der Waals surface area contributed by atoms with Gasteiger partial charge in [-0.2, -0.15) is 0 Å². The van der Waals surface area contributed by atoms with Crippen molar-refractivity contribution in [1.82, 2.24) is 4.90 Å². The Morgan fingerprint density at radius 2 is 2.13 bits per heavy atom. The second-order valence-electron chi connectivity index (χ2n) is 5.74. The monoisotopic (exact) mass is 321 g/mol. The lowest BCUT2D eigenvalue weighted by Gasteiger charge is -2.23. The Hall–Kier alpha value is -2.08. The molecule has 2 rings (SSSR count). The van der Waals surface area contributed by atoms with Gasteiger partial charge < -0.3 is 19.5 Å². The molecule has 0 saturated carbocycles. The second-order valence-corrected chi connectivity index (χ2v) is 5.74. The maximum Gasteiger partial charge on any atom is 0.305 e. The van der Waals surface area contributed by atoms with Gasteiger partial charge in [-0.25, -0.2) is 0 Å². The van der Waals surface area contributed by atoms with Crippen LogP contribution in [0.3, 0.4) is 0 Å². The van der Waals surface area contributed by atoms with Gasteiger partial charge in [0.15, 0.2) is 0 Å². The van der Waals surface area contributed by atoms with Gasteiger partial charge in [-0.1, -0.05) is 12.1 Å². The Labute approximate surface area is 136 Å². The summed E-state index contributed by atoms with van der Waals surface area (Å²) in [4.78, 5) is 25.1. The van der Waals surface area contributed by atoms with Crippen LogP contribution in [0.2, 0.25) is 0 Å². The van der Waals surface area contributed by atoms with E-state index in [0.717, 1.165) is 11.3 Å². The largest absolute Gasteiger partial charge is 0.497 e. The number of hydrogen-bond donors (Lipinski definition) is 1. The number of carboxylic acid groups (broad SMARTS) is 1. The summed E-state index contributed by atoms with van der Waals surface area (Å²) in [5, 5.41) is 9.01. The maximum absolute atomic E-state index is 12.5. The fourth-order valence-corrected chi connectivity index (χ4v) is 2.97. The molecule has 0 aromatic heterocycles. The van der Waals surface area contributed by atoms with Crippen LogP contribution in [0.4, 0.5) is 0 Å². The number of benzene rings is 1. The summed E-state index contributed by atoms with van der Waals surface area (Å²) in [5.74, 6) is -0.157. The predicted octanol–water partition coefficient (Wildman–Crippen LogP) is 1.72. The van der Waals surface area contributed by atoms with Crippen molar-refractivity contribution in [2.24, 2.45) is 0 Å². The van der Waals surface area contributed by atoms with Gasteiger partial charge >= 0.3 is 5.97 Å². The van der Waals surface area contributed by atoms with E-state index in [1.54, 1.807) is 19.1 Å². The Balaban J connectivity index is 1.96. The molecular weight excluding hydrogens is 298 g/mol. The van der Waals surface area contributed by atoms with Crippen LogP contribution >= 0.6 is 0 Å². The van der Waals surface area contributed by atoms with Crippen LogP contribution in [-0.2, 0) is 20.7 Å². The summed E-state index contributed by atoms with van der Waals surface area (Å²) >= 11 is 0. The number of carboxylic acids is 1. The Morgan fingerprint density at radius 3 is 2.78 bits per heavy atom. The number of likely N-dealkylation sites (tertiary alicyclic amines) is 1. The first-order valence-electron chi connectivity index (χ1n) is 7.70. The number of carbonyl (C=O) groups excluding carboxylic acids is 1. The van der Waals surface area contributed by atoms with E-state index in [4.69, 9.17) is 14.6 Å². The number of hydrogen-bond acceptors (Lipinski definition) is 4. The Bertz CT molecular complexity index is 560. The first kappa shape index (κ1) is 17.3. The van der Waals surface area contributed by atoms with Crippen molar-refractivity contribution >= 4 is 11.9 Å². The molecule has 0 radical (unpaired) electrons. The van der Waals surface area contributed by atoms with Gasteiger partial charge in [0.05, 0.1) is 19.6 Å². The number of rotatable bonds is 7. The van der Waals surface area contributed by atoms with Crippen LogP contribution in [0.1, 0.15) is 24.8 Å². The Kier molecular flexibility index (Phi) is 5.98. The molecule has 0 spiro atoms. The average molecular weight is 321 g/mol. The highest BCUT2D eigenvalue weighted by Crippen LogP contribution is 2.24. The highest BCUT2D eigenvalue weighted by Gasteiger charge is 2.36. The molecule has 23 heavy (non-hydrogen) atoms. The highest BCUT2D eigenvalue weighted by atomic mass is 16.5. The Morgan fingerprint density at radius 1 is 1.35 bits per heavy atom. The van der Waals surface area contributed by atoms with E-state index in [9.17, 15) is 9.59 Å². The number of ether oxygens (including phenoxy) is 2. The molecule has 2 atom stereocenters. The van der Waals surface area contributed by atoms with Gasteiger partial charge in [0, 0.05) is 26.1 Å². The number of carbonyl (C=O) groups is 2. The summed E-state index contributed by atoms with van der Waals surface area (Å²) in [5.41, 5.74) is 1.02. The third kappa shape index (κ3) is 4.69. The molecule has 0 bridgehead atoms. The summed E-state index contributed by atoms with van der Waals surface area (Å²) in [6.45, 7) is 0.464. The van der Waals surface area contributed by atoms with Crippen molar-refractivity contribution in [3.8, 4) is 5.75 Å². The van der Waals surface area contributed by atoms with E-state index in [1.165, 1.54) is 0 Å². The zero-order valence-electron chi connectivity index (χ0n) is 13.5. The van der Waals surface area contributed by atoms with E-state index >= 15 is 0 Å². The third-order valence-electron chi connectivity index (χ3n) is 4.20. The van der Waals surface area contributed by atoms with Gasteiger partial charge in [-0.3, -0.25) is 9.59 Å². The molecule has 1 heterocycles. The van der Waals surface area contributed by atoms with Crippen molar-refractivity contribution in [3.05, 3.63) is 29.8 Å². The lowest BCUT2D eigenvalue weighted by atomic mass is 10.1. The highest BCUT2D eigenvalue weighted by molar-refractivity contribution is 5.78. The molecule has 1 amide bonds. The second kappa shape index (κ2) is 7.97. The average Bonchev–Trinajstić information content (AvgIpc) is 2.95. The van der Waals surface area contributed by atoms with Gasteiger partial charge in [0.25, 0.3) is 0 Å². The van der Waals surface area contributed by atoms with Crippen molar-refractivity contribution in [2.45, 2.75) is 37.8 Å². The standard InChI is InChI=1S/C17H23NO5/c1-22-14-5-3-4-12(8-14)6-7-16(19)18-11-15(23-2)9-13(18)10-17(20)21/h3-5,8,13,15H,6-7,9-11H2,1-2H3,(H,20,21). The molecular formula is C17H23NO5. The van der Waals surface area contributed by atoms with E-state index in [2.05, 4.69) is 0 Å². The smallest absolute Gasteiger partial charge is 0.305 e. The van der Waals surface area contributed by atoms with E-state index in [1.807, 2.05) is 24.3 Å². The molecule has 6 nitrogen and oxygen atoms in total. The SMILES string of the molecule is COc1cccc(CCC(=O)N2CC(OC)CC2CC(=O)O)c1. The van der Waals surface area contributed by atoms with Gasteiger partial charge in [-0.05, 0) is 30.5 Å². The van der Waals surface area contributed by atoms with Gasteiger partial charge in [-0.15, -0.1) is 0 Å². The van der Waals surface area contributed by atoms with Crippen molar-refractivity contribution in [3.63, 3.8) is 0 Å². The maximum atomic E-state index is 12.5. The van der Waals surface area contributed by atoms with Crippen LogP contribution in [0.25, 0.3) is 0 Å². The molecule has 1 fully saturated rings. The minimum atomic E-state index is -0.891. The molecule has 1 N–H and O–H groups in total. The van der Waals surface area contributed by atoms with E-state index in [0.29, 0.717) is 25.8 Å². The van der Waals surface area contributed by atoms with Crippen molar-refractivity contribution < 1.29 is 24.2 Å². The van der Waals surface area contributed by atoms with Gasteiger partial charge in [0.2, 0.25) is 5.91 Å². The van der Waals surface area contributed by atoms with Crippen molar-refractivity contribution in [2.75, 3.05) is 20.8 Å². The normalized spacial score (nSPS) is 20.5. The third-order valence-corrected chi connectivity index (χ3v) is 4.20. The van der Waals surface area contributed by atoms with Crippen LogP contribution < -0.4 is 4.74 Å².